The molecule has 6 nitrogen and oxygen atoms in total. The van der Waals surface area contributed by atoms with Crippen molar-refractivity contribution in [3.63, 3.8) is 0 Å². The first-order valence-corrected chi connectivity index (χ1v) is 10.9. The Bertz CT molecular complexity index is 841. The average molecular weight is 528 g/mol. The molecule has 0 saturated carbocycles. The number of phenols is 1. The smallest absolute Gasteiger partial charge is 0.280 e. The molecule has 0 radical (unpaired) electrons. The molecule has 29 heavy (non-hydrogen) atoms. The summed E-state index contributed by atoms with van der Waals surface area (Å²) >= 11 is 6.58. The van der Waals surface area contributed by atoms with Gasteiger partial charge in [0, 0.05) is 10.0 Å². The monoisotopic (exact) mass is 526 g/mol. The Labute approximate surface area is 187 Å². The highest BCUT2D eigenvalue weighted by molar-refractivity contribution is 9.11. The van der Waals surface area contributed by atoms with Crippen LogP contribution in [0.3, 0.4) is 0 Å². The molecule has 1 amide bonds. The van der Waals surface area contributed by atoms with E-state index in [0.717, 1.165) is 29.5 Å². The third-order valence-electron chi connectivity index (χ3n) is 3.96. The summed E-state index contributed by atoms with van der Waals surface area (Å²) in [4.78, 5) is 12.2. The number of unbranched alkanes of at least 4 members (excludes halogenated alkanes) is 2. The number of benzene rings is 2. The Balaban J connectivity index is 1.84. The highest BCUT2D eigenvalue weighted by Gasteiger charge is 2.14. The number of amides is 1. The van der Waals surface area contributed by atoms with Crippen LogP contribution in [0.25, 0.3) is 0 Å². The number of phenolic OH excluding ortho intramolecular Hbond substituents is 1. The molecule has 2 aromatic carbocycles. The normalized spacial score (nSPS) is 12.0. The van der Waals surface area contributed by atoms with Gasteiger partial charge in [0.05, 0.1) is 17.3 Å². The van der Waals surface area contributed by atoms with Crippen molar-refractivity contribution in [3.8, 4) is 17.2 Å². The first kappa shape index (κ1) is 23.2. The molecule has 8 heteroatoms. The molecule has 0 aliphatic heterocycles. The third-order valence-corrected chi connectivity index (χ3v) is 5.02. The number of carbonyl (C=O) groups excluding carboxylic acids is 1. The molecule has 0 aromatic heterocycles. The van der Waals surface area contributed by atoms with Gasteiger partial charge < -0.3 is 14.6 Å². The van der Waals surface area contributed by atoms with Gasteiger partial charge in [0.25, 0.3) is 5.91 Å². The van der Waals surface area contributed by atoms with Crippen LogP contribution in [0.1, 0.15) is 38.7 Å². The van der Waals surface area contributed by atoms with E-state index in [0.29, 0.717) is 22.4 Å². The van der Waals surface area contributed by atoms with Crippen molar-refractivity contribution in [1.82, 2.24) is 5.43 Å². The van der Waals surface area contributed by atoms with Crippen molar-refractivity contribution in [2.24, 2.45) is 5.10 Å². The molecule has 0 fully saturated rings. The minimum atomic E-state index is -0.744. The van der Waals surface area contributed by atoms with Crippen molar-refractivity contribution >= 4 is 44.0 Å². The zero-order chi connectivity index (χ0) is 21.2. The molecular weight excluding hydrogens is 504 g/mol. The number of rotatable bonds is 10. The van der Waals surface area contributed by atoms with E-state index >= 15 is 0 Å². The van der Waals surface area contributed by atoms with Crippen LogP contribution in [0.5, 0.6) is 17.2 Å². The Morgan fingerprint density at radius 2 is 1.90 bits per heavy atom. The summed E-state index contributed by atoms with van der Waals surface area (Å²) in [5.41, 5.74) is 2.86. The number of nitrogens with zero attached hydrogens (tertiary/aromatic N) is 1. The zero-order valence-corrected chi connectivity index (χ0v) is 19.5. The highest BCUT2D eigenvalue weighted by atomic mass is 79.9. The van der Waals surface area contributed by atoms with E-state index < -0.39 is 12.0 Å². The van der Waals surface area contributed by atoms with Crippen molar-refractivity contribution < 1.29 is 19.4 Å². The molecule has 0 aliphatic rings. The number of ether oxygens (including phenoxy) is 2. The molecule has 0 spiro atoms. The van der Waals surface area contributed by atoms with Gasteiger partial charge in [-0.2, -0.15) is 5.10 Å². The molecule has 0 bridgehead atoms. The summed E-state index contributed by atoms with van der Waals surface area (Å²) in [5, 5.41) is 13.9. The van der Waals surface area contributed by atoms with Gasteiger partial charge in [-0.25, -0.2) is 5.43 Å². The van der Waals surface area contributed by atoms with Crippen molar-refractivity contribution in [3.05, 3.63) is 50.9 Å². The Kier molecular flexibility index (Phi) is 9.47. The summed E-state index contributed by atoms with van der Waals surface area (Å²) in [6.07, 6.45) is 3.95. The topological polar surface area (TPSA) is 80.2 Å². The largest absolute Gasteiger partial charge is 0.506 e. The number of hydrogen-bond acceptors (Lipinski definition) is 5. The SMILES string of the molecule is CCCCCOc1ccc(OC(C)C(=O)N/N=C/c2cc(Br)cc(Br)c2O)cc1. The lowest BCUT2D eigenvalue weighted by molar-refractivity contribution is -0.127. The summed E-state index contributed by atoms with van der Waals surface area (Å²) in [6, 6.07) is 10.6. The first-order chi connectivity index (χ1) is 13.9. The Morgan fingerprint density at radius 3 is 2.59 bits per heavy atom. The molecule has 1 atom stereocenters. The summed E-state index contributed by atoms with van der Waals surface area (Å²) in [5.74, 6) is 0.962. The second-order valence-electron chi connectivity index (χ2n) is 6.35. The van der Waals surface area contributed by atoms with Gasteiger partial charge >= 0.3 is 0 Å². The van der Waals surface area contributed by atoms with E-state index in [-0.39, 0.29) is 5.75 Å². The van der Waals surface area contributed by atoms with Gasteiger partial charge in [-0.1, -0.05) is 35.7 Å². The van der Waals surface area contributed by atoms with Gasteiger partial charge in [-0.3, -0.25) is 4.79 Å². The van der Waals surface area contributed by atoms with Crippen molar-refractivity contribution in [1.29, 1.82) is 0 Å². The van der Waals surface area contributed by atoms with Crippen molar-refractivity contribution in [2.45, 2.75) is 39.2 Å². The van der Waals surface area contributed by atoms with Crippen LogP contribution < -0.4 is 14.9 Å². The quantitative estimate of drug-likeness (QED) is 0.246. The van der Waals surface area contributed by atoms with Crippen LogP contribution in [0.2, 0.25) is 0 Å². The number of carbonyl (C=O) groups is 1. The fourth-order valence-corrected chi connectivity index (χ4v) is 3.61. The lowest BCUT2D eigenvalue weighted by Gasteiger charge is -2.13. The lowest BCUT2D eigenvalue weighted by atomic mass is 10.2. The molecule has 156 valence electrons. The summed E-state index contributed by atoms with van der Waals surface area (Å²) in [7, 11) is 0. The molecule has 2 N–H and O–H groups in total. The van der Waals surface area contributed by atoms with E-state index in [4.69, 9.17) is 9.47 Å². The number of hydrazone groups is 1. The van der Waals surface area contributed by atoms with E-state index in [1.54, 1.807) is 31.2 Å². The highest BCUT2D eigenvalue weighted by Crippen LogP contribution is 2.30. The Hall–Kier alpha value is -2.06. The second-order valence-corrected chi connectivity index (χ2v) is 8.12. The van der Waals surface area contributed by atoms with Crippen LogP contribution in [-0.4, -0.2) is 29.9 Å². The number of nitrogens with one attached hydrogen (secondary N) is 1. The second kappa shape index (κ2) is 11.8. The standard InChI is InChI=1S/C21H24Br2N2O4/c1-3-4-5-10-28-17-6-8-18(9-7-17)29-14(2)21(27)25-24-13-15-11-16(22)12-19(23)20(15)26/h6-9,11-14,26H,3-5,10H2,1-2H3,(H,25,27)/b24-13+. The maximum Gasteiger partial charge on any atom is 0.280 e. The van der Waals surface area contributed by atoms with Gasteiger partial charge in [-0.15, -0.1) is 0 Å². The molecule has 2 rings (SSSR count). The predicted molar refractivity (Wildman–Crippen MR) is 121 cm³/mol. The van der Waals surface area contributed by atoms with Crippen LogP contribution in [0.4, 0.5) is 0 Å². The first-order valence-electron chi connectivity index (χ1n) is 9.31. The van der Waals surface area contributed by atoms with E-state index in [1.165, 1.54) is 6.21 Å². The molecule has 0 heterocycles. The minimum absolute atomic E-state index is 0.0347. The van der Waals surface area contributed by atoms with Gasteiger partial charge in [0.1, 0.15) is 17.2 Å². The van der Waals surface area contributed by atoms with E-state index in [1.807, 2.05) is 12.1 Å². The Morgan fingerprint density at radius 1 is 1.21 bits per heavy atom. The predicted octanol–water partition coefficient (Wildman–Crippen LogP) is 5.40. The number of aromatic hydroxyl groups is 1. The molecule has 0 saturated heterocycles. The van der Waals surface area contributed by atoms with E-state index in [2.05, 4.69) is 49.3 Å². The van der Waals surface area contributed by atoms with Crippen LogP contribution in [0, 0.1) is 0 Å². The van der Waals surface area contributed by atoms with Gasteiger partial charge in [0.15, 0.2) is 6.10 Å². The molecule has 0 aliphatic carbocycles. The average Bonchev–Trinajstić information content (AvgIpc) is 2.70. The van der Waals surface area contributed by atoms with Crippen molar-refractivity contribution in [2.75, 3.05) is 6.61 Å². The zero-order valence-electron chi connectivity index (χ0n) is 16.3. The third kappa shape index (κ3) is 7.70. The van der Waals surface area contributed by atoms with Gasteiger partial charge in [-0.05, 0) is 65.7 Å². The van der Waals surface area contributed by atoms with Crippen LogP contribution in [0.15, 0.2) is 50.4 Å². The molecular formula is C21H24Br2N2O4. The molecule has 1 unspecified atom stereocenters. The van der Waals surface area contributed by atoms with Crippen LogP contribution >= 0.6 is 31.9 Å². The van der Waals surface area contributed by atoms with Gasteiger partial charge in [0.2, 0.25) is 0 Å². The number of hydrogen-bond donors (Lipinski definition) is 2. The van der Waals surface area contributed by atoms with Crippen LogP contribution in [-0.2, 0) is 4.79 Å². The maximum absolute atomic E-state index is 12.2. The fraction of sp³-hybridized carbons (Fsp3) is 0.333. The minimum Gasteiger partial charge on any atom is -0.506 e. The number of halogens is 2. The lowest BCUT2D eigenvalue weighted by Crippen LogP contribution is -2.33. The summed E-state index contributed by atoms with van der Waals surface area (Å²) in [6.45, 7) is 4.47. The maximum atomic E-state index is 12.2. The fourth-order valence-electron chi connectivity index (χ4n) is 2.35. The van der Waals surface area contributed by atoms with E-state index in [9.17, 15) is 9.90 Å². The molecule has 2 aromatic rings. The summed E-state index contributed by atoms with van der Waals surface area (Å²) < 4.78 is 12.6.